The number of sulfone groups is 1. The lowest BCUT2D eigenvalue weighted by molar-refractivity contribution is -0.387. The number of nitrogens with one attached hydrogen (secondary N) is 1. The second-order valence-corrected chi connectivity index (χ2v) is 8.49. The second-order valence-electron chi connectivity index (χ2n) is 6.43. The van der Waals surface area contributed by atoms with Gasteiger partial charge in [0, 0.05) is 22.7 Å². The molecule has 0 spiro atoms. The largest absolute Gasteiger partial charge is 0.423 e. The number of nitrogens with zero attached hydrogens (tertiary/aromatic N) is 1. The number of aromatic nitrogens is 1. The van der Waals surface area contributed by atoms with Crippen LogP contribution >= 0.6 is 0 Å². The van der Waals surface area contributed by atoms with Gasteiger partial charge >= 0.3 is 12.4 Å². The molecule has 1 aromatic heterocycles. The number of nitro groups is 1. The lowest BCUT2D eigenvalue weighted by atomic mass is 9.99. The number of fused-ring (bicyclic) bond motifs is 1. The first-order valence-electron chi connectivity index (χ1n) is 7.86. The minimum atomic E-state index is -5.07. The third-order valence-electron chi connectivity index (χ3n) is 4.17. The van der Waals surface area contributed by atoms with Gasteiger partial charge in [-0.3, -0.25) is 10.1 Å². The van der Waals surface area contributed by atoms with E-state index in [2.05, 4.69) is 4.98 Å². The van der Waals surface area contributed by atoms with Crippen LogP contribution in [0.1, 0.15) is 24.6 Å². The van der Waals surface area contributed by atoms with Gasteiger partial charge < -0.3 is 10.1 Å². The van der Waals surface area contributed by atoms with E-state index in [0.29, 0.717) is 12.1 Å². The first-order valence-corrected chi connectivity index (χ1v) is 9.68. The van der Waals surface area contributed by atoms with Gasteiger partial charge in [0.25, 0.3) is 5.69 Å². The number of H-pyrrole nitrogens is 1. The molecule has 2 rings (SSSR count). The van der Waals surface area contributed by atoms with Gasteiger partial charge in [-0.15, -0.1) is 0 Å². The monoisotopic (exact) mass is 448 g/mol. The molecule has 29 heavy (non-hydrogen) atoms. The third kappa shape index (κ3) is 5.18. The van der Waals surface area contributed by atoms with Crippen molar-refractivity contribution < 1.29 is 44.8 Å². The molecule has 0 aliphatic heterocycles. The summed E-state index contributed by atoms with van der Waals surface area (Å²) < 4.78 is 100. The summed E-state index contributed by atoms with van der Waals surface area (Å²) in [7, 11) is -4.83. The zero-order valence-electron chi connectivity index (χ0n) is 14.6. The molecule has 2 aromatic rings. The fraction of sp³-hybridized carbons (Fsp3) is 0.467. The van der Waals surface area contributed by atoms with Crippen LogP contribution < -0.4 is 0 Å². The molecule has 0 fully saturated rings. The summed E-state index contributed by atoms with van der Waals surface area (Å²) in [6.07, 6.45) is -10.5. The molecule has 2 N–H and O–H groups in total. The van der Waals surface area contributed by atoms with Crippen LogP contribution in [0.2, 0.25) is 0 Å². The Balaban J connectivity index is 2.58. The molecule has 1 unspecified atom stereocenters. The molecular formula is C15H14F6N2O5S. The highest BCUT2D eigenvalue weighted by Crippen LogP contribution is 2.40. The van der Waals surface area contributed by atoms with Gasteiger partial charge in [-0.05, 0) is 18.6 Å². The third-order valence-corrected chi connectivity index (χ3v) is 5.85. The van der Waals surface area contributed by atoms with Crippen molar-refractivity contribution >= 4 is 26.4 Å². The van der Waals surface area contributed by atoms with Crippen LogP contribution in [-0.4, -0.2) is 41.1 Å². The Labute approximate surface area is 159 Å². The van der Waals surface area contributed by atoms with E-state index in [1.807, 2.05) is 0 Å². The molecule has 7 nitrogen and oxygen atoms in total. The van der Waals surface area contributed by atoms with Gasteiger partial charge in [0.05, 0.1) is 10.7 Å². The topological polar surface area (TPSA) is 113 Å². The number of alkyl halides is 6. The Morgan fingerprint density at radius 3 is 2.14 bits per heavy atom. The molecule has 0 saturated heterocycles. The average Bonchev–Trinajstić information content (AvgIpc) is 2.93. The van der Waals surface area contributed by atoms with Crippen molar-refractivity contribution in [3.05, 3.63) is 39.6 Å². The number of benzene rings is 1. The fourth-order valence-corrected chi connectivity index (χ4v) is 4.52. The van der Waals surface area contributed by atoms with E-state index in [4.69, 9.17) is 0 Å². The first-order chi connectivity index (χ1) is 13.0. The van der Waals surface area contributed by atoms with E-state index in [1.54, 1.807) is 0 Å². The fourth-order valence-electron chi connectivity index (χ4n) is 2.83. The molecule has 14 heteroatoms. The van der Waals surface area contributed by atoms with Crippen molar-refractivity contribution in [2.75, 3.05) is 11.5 Å². The normalized spacial score (nSPS) is 15.4. The summed E-state index contributed by atoms with van der Waals surface area (Å²) in [5.74, 6) is -3.54. The highest BCUT2D eigenvalue weighted by molar-refractivity contribution is 7.91. The summed E-state index contributed by atoms with van der Waals surface area (Å²) in [5, 5.41) is 21.4. The van der Waals surface area contributed by atoms with Crippen LogP contribution in [-0.2, 0) is 21.6 Å². The van der Waals surface area contributed by atoms with Crippen LogP contribution in [0, 0.1) is 10.1 Å². The van der Waals surface area contributed by atoms with E-state index in [0.717, 1.165) is 6.07 Å². The highest BCUT2D eigenvalue weighted by atomic mass is 32.2. The van der Waals surface area contributed by atoms with Gasteiger partial charge in [-0.1, -0.05) is 6.92 Å². The SMILES string of the molecule is CCC(O)(CS(=O)(=O)CC(F)(F)F)c1cc2cc([N+](=O)[O-])c(C(F)(F)F)cc2[nH]1. The van der Waals surface area contributed by atoms with Crippen LogP contribution in [0.5, 0.6) is 0 Å². The summed E-state index contributed by atoms with van der Waals surface area (Å²) in [6, 6.07) is 1.96. The number of hydrogen-bond donors (Lipinski definition) is 2. The second kappa shape index (κ2) is 7.16. The lowest BCUT2D eigenvalue weighted by Gasteiger charge is -2.25. The van der Waals surface area contributed by atoms with Crippen molar-refractivity contribution in [3.63, 3.8) is 0 Å². The van der Waals surface area contributed by atoms with Crippen molar-refractivity contribution in [1.82, 2.24) is 4.98 Å². The number of nitro benzene ring substituents is 1. The molecule has 0 bridgehead atoms. The zero-order valence-corrected chi connectivity index (χ0v) is 15.4. The van der Waals surface area contributed by atoms with Crippen molar-refractivity contribution in [1.29, 1.82) is 0 Å². The van der Waals surface area contributed by atoms with Crippen molar-refractivity contribution in [2.24, 2.45) is 0 Å². The minimum absolute atomic E-state index is 0.153. The van der Waals surface area contributed by atoms with E-state index in [1.165, 1.54) is 6.92 Å². The summed E-state index contributed by atoms with van der Waals surface area (Å²) in [6.45, 7) is 1.26. The Morgan fingerprint density at radius 1 is 1.10 bits per heavy atom. The maximum absolute atomic E-state index is 13.1. The molecular weight excluding hydrogens is 434 g/mol. The molecule has 1 heterocycles. The molecule has 0 aliphatic carbocycles. The summed E-state index contributed by atoms with van der Waals surface area (Å²) in [4.78, 5) is 12.0. The Hall–Kier alpha value is -2.35. The Bertz CT molecular complexity index is 1040. The molecule has 0 amide bonds. The Morgan fingerprint density at radius 2 is 1.69 bits per heavy atom. The van der Waals surface area contributed by atoms with E-state index in [-0.39, 0.29) is 16.6 Å². The smallest absolute Gasteiger partial charge is 0.383 e. The molecule has 1 atom stereocenters. The average molecular weight is 448 g/mol. The van der Waals surface area contributed by atoms with Gasteiger partial charge in [0.1, 0.15) is 16.9 Å². The quantitative estimate of drug-likeness (QED) is 0.398. The number of halogens is 6. The highest BCUT2D eigenvalue weighted by Gasteiger charge is 2.42. The van der Waals surface area contributed by atoms with E-state index in [9.17, 15) is 50.0 Å². The van der Waals surface area contributed by atoms with E-state index >= 15 is 0 Å². The predicted molar refractivity (Wildman–Crippen MR) is 88.9 cm³/mol. The van der Waals surface area contributed by atoms with Crippen LogP contribution in [0.25, 0.3) is 10.9 Å². The number of aromatic amines is 1. The standard InChI is InChI=1S/C15H14F6N2O5S/c1-2-13(24,6-29(27,28)7-14(16,17)18)12-4-8-3-11(23(25)26)9(15(19,20)21)5-10(8)22-12/h3-5,22,24H,2,6-7H2,1H3. The number of rotatable bonds is 6. The molecule has 0 radical (unpaired) electrons. The first kappa shape index (κ1) is 22.9. The molecule has 1 aromatic carbocycles. The number of hydrogen-bond acceptors (Lipinski definition) is 5. The van der Waals surface area contributed by atoms with Gasteiger partial charge in [-0.2, -0.15) is 26.3 Å². The molecule has 0 saturated carbocycles. The maximum Gasteiger partial charge on any atom is 0.423 e. The summed E-state index contributed by atoms with van der Waals surface area (Å²) in [5.41, 5.74) is -5.91. The summed E-state index contributed by atoms with van der Waals surface area (Å²) >= 11 is 0. The molecule has 0 aliphatic rings. The Kier molecular flexibility index (Phi) is 5.66. The van der Waals surface area contributed by atoms with Crippen LogP contribution in [0.15, 0.2) is 18.2 Å². The van der Waals surface area contributed by atoms with Crippen LogP contribution in [0.4, 0.5) is 32.0 Å². The van der Waals surface area contributed by atoms with Crippen LogP contribution in [0.3, 0.4) is 0 Å². The molecule has 162 valence electrons. The number of aliphatic hydroxyl groups is 1. The predicted octanol–water partition coefficient (Wildman–Crippen LogP) is 3.67. The minimum Gasteiger partial charge on any atom is -0.383 e. The van der Waals surface area contributed by atoms with Crippen molar-refractivity contribution in [3.8, 4) is 0 Å². The van der Waals surface area contributed by atoms with Crippen molar-refractivity contribution in [2.45, 2.75) is 31.3 Å². The van der Waals surface area contributed by atoms with Gasteiger partial charge in [-0.25, -0.2) is 8.42 Å². The van der Waals surface area contributed by atoms with E-state index < -0.39 is 61.9 Å². The lowest BCUT2D eigenvalue weighted by Crippen LogP contribution is -2.38. The zero-order chi connectivity index (χ0) is 22.4. The van der Waals surface area contributed by atoms with Gasteiger partial charge in [0.2, 0.25) is 0 Å². The van der Waals surface area contributed by atoms with Gasteiger partial charge in [0.15, 0.2) is 9.84 Å². The maximum atomic E-state index is 13.1.